The molecule has 3 rings (SSSR count). The molecule has 1 heterocycles. The van der Waals surface area contributed by atoms with Gasteiger partial charge in [0, 0.05) is 30.9 Å². The van der Waals surface area contributed by atoms with Crippen LogP contribution in [0.15, 0.2) is 55.1 Å². The number of aliphatic hydroxyl groups is 1. The summed E-state index contributed by atoms with van der Waals surface area (Å²) in [5.74, 6) is -0.171. The van der Waals surface area contributed by atoms with Crippen molar-refractivity contribution in [3.8, 4) is 0 Å². The van der Waals surface area contributed by atoms with Crippen molar-refractivity contribution in [1.82, 2.24) is 9.55 Å². The van der Waals surface area contributed by atoms with E-state index < -0.39 is 0 Å². The fourth-order valence-corrected chi connectivity index (χ4v) is 1.97. The van der Waals surface area contributed by atoms with Crippen LogP contribution in [0.5, 0.6) is 0 Å². The molecule has 0 fully saturated rings. The lowest BCUT2D eigenvalue weighted by Crippen LogP contribution is -1.96. The summed E-state index contributed by atoms with van der Waals surface area (Å²) in [5, 5.41) is 9.17. The molecule has 0 saturated carbocycles. The summed E-state index contributed by atoms with van der Waals surface area (Å²) in [6, 6.07) is 11.0. The SMILES string of the molecule is CC.CCO.Fc1cccc2ccc(Cn3ccnc3)cc12. The Morgan fingerprint density at radius 3 is 2.55 bits per heavy atom. The molecule has 1 N–H and O–H groups in total. The Morgan fingerprint density at radius 2 is 1.91 bits per heavy atom. The van der Waals surface area contributed by atoms with Gasteiger partial charge < -0.3 is 9.67 Å². The molecule has 0 atom stereocenters. The first-order valence-corrected chi connectivity index (χ1v) is 7.48. The highest BCUT2D eigenvalue weighted by molar-refractivity contribution is 5.83. The number of fused-ring (bicyclic) bond motifs is 1. The van der Waals surface area contributed by atoms with Gasteiger partial charge in [-0.2, -0.15) is 0 Å². The zero-order valence-electron chi connectivity index (χ0n) is 13.3. The third-order valence-electron chi connectivity index (χ3n) is 2.82. The Kier molecular flexibility index (Phi) is 7.86. The number of imidazole rings is 1. The van der Waals surface area contributed by atoms with Crippen molar-refractivity contribution < 1.29 is 9.50 Å². The summed E-state index contributed by atoms with van der Waals surface area (Å²) in [6.45, 7) is 6.64. The minimum atomic E-state index is -0.171. The summed E-state index contributed by atoms with van der Waals surface area (Å²) in [6.07, 6.45) is 5.39. The number of hydrogen-bond donors (Lipinski definition) is 1. The van der Waals surface area contributed by atoms with Gasteiger partial charge in [-0.15, -0.1) is 0 Å². The van der Waals surface area contributed by atoms with Crippen molar-refractivity contribution in [2.45, 2.75) is 27.3 Å². The lowest BCUT2D eigenvalue weighted by Gasteiger charge is -2.05. The first-order chi connectivity index (χ1) is 10.7. The van der Waals surface area contributed by atoms with Crippen molar-refractivity contribution in [3.05, 3.63) is 66.5 Å². The van der Waals surface area contributed by atoms with Gasteiger partial charge in [0.15, 0.2) is 0 Å². The quantitative estimate of drug-likeness (QED) is 0.768. The van der Waals surface area contributed by atoms with Gasteiger partial charge in [-0.05, 0) is 30.0 Å². The second-order valence-electron chi connectivity index (χ2n) is 4.35. The number of halogens is 1. The normalized spacial score (nSPS) is 9.50. The molecule has 0 unspecified atom stereocenters. The van der Waals surface area contributed by atoms with Crippen molar-refractivity contribution in [1.29, 1.82) is 0 Å². The number of hydrogen-bond acceptors (Lipinski definition) is 2. The van der Waals surface area contributed by atoms with E-state index in [4.69, 9.17) is 5.11 Å². The molecule has 2 aromatic carbocycles. The molecule has 0 spiro atoms. The number of aromatic nitrogens is 2. The zero-order valence-corrected chi connectivity index (χ0v) is 13.3. The molecule has 118 valence electrons. The Labute approximate surface area is 131 Å². The van der Waals surface area contributed by atoms with E-state index in [1.165, 1.54) is 6.07 Å². The Bertz CT molecular complexity index is 666. The molecule has 4 heteroatoms. The van der Waals surface area contributed by atoms with Crippen molar-refractivity contribution in [2.75, 3.05) is 6.61 Å². The smallest absolute Gasteiger partial charge is 0.131 e. The molecule has 3 aromatic rings. The standard InChI is InChI=1S/C14H11FN2.C2H6O.C2H6/c15-14-3-1-2-12-5-4-11(8-13(12)14)9-17-7-6-16-10-17;1-2-3;1-2/h1-8,10H,9H2;3H,2H2,1H3;1-2H3. The van der Waals surface area contributed by atoms with Crippen LogP contribution < -0.4 is 0 Å². The predicted octanol–water partition coefficient (Wildman–Crippen LogP) is 4.25. The van der Waals surface area contributed by atoms with Gasteiger partial charge in [-0.3, -0.25) is 0 Å². The summed E-state index contributed by atoms with van der Waals surface area (Å²) in [5.41, 5.74) is 1.07. The molecule has 0 aliphatic rings. The van der Waals surface area contributed by atoms with E-state index in [0.29, 0.717) is 11.9 Å². The fourth-order valence-electron chi connectivity index (χ4n) is 1.97. The lowest BCUT2D eigenvalue weighted by atomic mass is 10.1. The zero-order chi connectivity index (χ0) is 16.4. The van der Waals surface area contributed by atoms with Crippen molar-refractivity contribution in [2.24, 2.45) is 0 Å². The molecule has 0 aliphatic heterocycles. The second kappa shape index (κ2) is 9.68. The maximum Gasteiger partial charge on any atom is 0.131 e. The molecule has 0 radical (unpaired) electrons. The van der Waals surface area contributed by atoms with Crippen LogP contribution in [0, 0.1) is 5.82 Å². The first-order valence-electron chi connectivity index (χ1n) is 7.48. The largest absolute Gasteiger partial charge is 0.397 e. The Balaban J connectivity index is 0.000000435. The van der Waals surface area contributed by atoms with E-state index in [1.54, 1.807) is 25.5 Å². The van der Waals surface area contributed by atoms with Gasteiger partial charge in [-0.25, -0.2) is 9.37 Å². The van der Waals surface area contributed by atoms with Crippen LogP contribution in [0.3, 0.4) is 0 Å². The first kappa shape index (κ1) is 17.9. The van der Waals surface area contributed by atoms with Crippen LogP contribution >= 0.6 is 0 Å². The van der Waals surface area contributed by atoms with E-state index in [-0.39, 0.29) is 12.4 Å². The Morgan fingerprint density at radius 1 is 1.18 bits per heavy atom. The molecule has 1 aromatic heterocycles. The van der Waals surface area contributed by atoms with Crippen molar-refractivity contribution in [3.63, 3.8) is 0 Å². The van der Waals surface area contributed by atoms with Crippen LogP contribution in [-0.2, 0) is 6.54 Å². The third kappa shape index (κ3) is 4.97. The maximum atomic E-state index is 13.6. The van der Waals surface area contributed by atoms with E-state index in [1.807, 2.05) is 48.9 Å². The molecule has 0 aliphatic carbocycles. The monoisotopic (exact) mass is 302 g/mol. The molecular formula is C18H23FN2O. The van der Waals surface area contributed by atoms with Crippen LogP contribution in [0.4, 0.5) is 4.39 Å². The fraction of sp³-hybridized carbons (Fsp3) is 0.278. The molecule has 0 amide bonds. The number of aliphatic hydroxyl groups excluding tert-OH is 1. The summed E-state index contributed by atoms with van der Waals surface area (Å²) in [4.78, 5) is 3.99. The number of rotatable bonds is 2. The average Bonchev–Trinajstić information content (AvgIpc) is 3.04. The topological polar surface area (TPSA) is 38.0 Å². The summed E-state index contributed by atoms with van der Waals surface area (Å²) < 4.78 is 15.6. The highest BCUT2D eigenvalue weighted by Crippen LogP contribution is 2.19. The summed E-state index contributed by atoms with van der Waals surface area (Å²) >= 11 is 0. The van der Waals surface area contributed by atoms with Crippen LogP contribution in [-0.4, -0.2) is 21.3 Å². The third-order valence-corrected chi connectivity index (χ3v) is 2.82. The van der Waals surface area contributed by atoms with Crippen LogP contribution in [0.1, 0.15) is 26.3 Å². The second-order valence-corrected chi connectivity index (χ2v) is 4.35. The Hall–Kier alpha value is -2.20. The van der Waals surface area contributed by atoms with Gasteiger partial charge >= 0.3 is 0 Å². The molecule has 3 nitrogen and oxygen atoms in total. The van der Waals surface area contributed by atoms with Gasteiger partial charge in [-0.1, -0.05) is 38.1 Å². The molecule has 22 heavy (non-hydrogen) atoms. The van der Waals surface area contributed by atoms with Crippen LogP contribution in [0.25, 0.3) is 10.8 Å². The van der Waals surface area contributed by atoms with Crippen molar-refractivity contribution >= 4 is 10.8 Å². The highest BCUT2D eigenvalue weighted by Gasteiger charge is 2.01. The minimum Gasteiger partial charge on any atom is -0.397 e. The molecule has 0 saturated heterocycles. The summed E-state index contributed by atoms with van der Waals surface area (Å²) in [7, 11) is 0. The van der Waals surface area contributed by atoms with Gasteiger partial charge in [0.2, 0.25) is 0 Å². The average molecular weight is 302 g/mol. The number of nitrogens with zero attached hydrogens (tertiary/aromatic N) is 2. The maximum absolute atomic E-state index is 13.6. The number of benzene rings is 2. The molecule has 0 bridgehead atoms. The van der Waals surface area contributed by atoms with E-state index >= 15 is 0 Å². The highest BCUT2D eigenvalue weighted by atomic mass is 19.1. The van der Waals surface area contributed by atoms with Gasteiger partial charge in [0.05, 0.1) is 6.33 Å². The van der Waals surface area contributed by atoms with Gasteiger partial charge in [0.25, 0.3) is 0 Å². The van der Waals surface area contributed by atoms with E-state index in [9.17, 15) is 4.39 Å². The minimum absolute atomic E-state index is 0.171. The molecular weight excluding hydrogens is 279 g/mol. The van der Waals surface area contributed by atoms with Crippen LogP contribution in [0.2, 0.25) is 0 Å². The van der Waals surface area contributed by atoms with E-state index in [0.717, 1.165) is 10.9 Å². The predicted molar refractivity (Wildman–Crippen MR) is 89.3 cm³/mol. The van der Waals surface area contributed by atoms with E-state index in [2.05, 4.69) is 4.98 Å². The lowest BCUT2D eigenvalue weighted by molar-refractivity contribution is 0.318. The van der Waals surface area contributed by atoms with Gasteiger partial charge in [0.1, 0.15) is 5.82 Å².